The molecule has 4 N–H and O–H groups in total. The second-order valence-corrected chi connectivity index (χ2v) is 14.2. The fourth-order valence-corrected chi connectivity index (χ4v) is 5.87. The number of likely N-dealkylation sites (tertiary alicyclic amines) is 1. The lowest BCUT2D eigenvalue weighted by Gasteiger charge is -2.32. The Morgan fingerprint density at radius 1 is 0.906 bits per heavy atom. The van der Waals surface area contributed by atoms with Crippen LogP contribution in [-0.4, -0.2) is 95.8 Å². The normalized spacial score (nSPS) is 16.3. The van der Waals surface area contributed by atoms with Crippen LogP contribution >= 0.6 is 0 Å². The van der Waals surface area contributed by atoms with Crippen molar-refractivity contribution in [2.24, 2.45) is 5.92 Å². The molecule has 1 heterocycles. The Morgan fingerprint density at radius 2 is 1.57 bits per heavy atom. The maximum atomic E-state index is 14.1. The van der Waals surface area contributed by atoms with Crippen molar-refractivity contribution < 1.29 is 48.1 Å². The molecule has 3 rings (SSSR count). The molecule has 1 aliphatic rings. The molecule has 0 aromatic heterocycles. The van der Waals surface area contributed by atoms with Crippen LogP contribution in [0.2, 0.25) is 0 Å². The number of rotatable bonds is 18. The molecule has 2 aromatic rings. The Balaban J connectivity index is 1.82. The largest absolute Gasteiger partial charge is 0.497 e. The molecule has 0 bridgehead atoms. The standard InChI is InChI=1S/C39H54N4O10/c1-7-25(2)32(35(46)43-22-13-17-31(43)36(47)48)42-34(45)30(24-26-18-20-28(51-6)21-19-26)40-33(44)29(41-38(50)53-39(3,4)5)16-11-12-23-52-37(49)27-14-9-8-10-15-27/h8-10,14-15,18-21,25,29-32H,7,11-13,16-17,22-24H2,1-6H3,(H,40,44)(H,41,50)(H,42,45)(H,47,48)/t25-,29-,30+,31+,32-/m0/s1. The summed E-state index contributed by atoms with van der Waals surface area (Å²) in [7, 11) is 1.53. The Morgan fingerprint density at radius 3 is 2.17 bits per heavy atom. The van der Waals surface area contributed by atoms with Gasteiger partial charge in [0.2, 0.25) is 17.7 Å². The Kier molecular flexibility index (Phi) is 16.1. The van der Waals surface area contributed by atoms with Crippen LogP contribution in [0.1, 0.15) is 89.1 Å². The summed E-state index contributed by atoms with van der Waals surface area (Å²) < 4.78 is 16.0. The van der Waals surface area contributed by atoms with Crippen molar-refractivity contribution in [3.8, 4) is 5.75 Å². The highest BCUT2D eigenvalue weighted by atomic mass is 16.6. The number of nitrogens with zero attached hydrogens (tertiary/aromatic N) is 1. The van der Waals surface area contributed by atoms with E-state index in [2.05, 4.69) is 16.0 Å². The fourth-order valence-electron chi connectivity index (χ4n) is 5.87. The number of ether oxygens (including phenoxy) is 3. The van der Waals surface area contributed by atoms with Gasteiger partial charge < -0.3 is 40.2 Å². The van der Waals surface area contributed by atoms with Crippen molar-refractivity contribution in [3.05, 3.63) is 65.7 Å². The summed E-state index contributed by atoms with van der Waals surface area (Å²) in [5.41, 5.74) is 0.247. The molecule has 1 aliphatic heterocycles. The number of methoxy groups -OCH3 is 1. The summed E-state index contributed by atoms with van der Waals surface area (Å²) in [6, 6.07) is 11.1. The van der Waals surface area contributed by atoms with Gasteiger partial charge in [0.05, 0.1) is 19.3 Å². The molecule has 1 fully saturated rings. The maximum absolute atomic E-state index is 14.1. The number of unbranched alkanes of at least 4 members (excludes halogenated alkanes) is 1. The van der Waals surface area contributed by atoms with Gasteiger partial charge in [0, 0.05) is 13.0 Å². The Labute approximate surface area is 311 Å². The van der Waals surface area contributed by atoms with Gasteiger partial charge in [-0.2, -0.15) is 0 Å². The molecule has 290 valence electrons. The lowest BCUT2D eigenvalue weighted by Crippen LogP contribution is -2.59. The molecule has 1 saturated heterocycles. The number of carbonyl (C=O) groups excluding carboxylic acids is 5. The molecule has 0 aliphatic carbocycles. The minimum Gasteiger partial charge on any atom is -0.497 e. The predicted molar refractivity (Wildman–Crippen MR) is 196 cm³/mol. The highest BCUT2D eigenvalue weighted by Gasteiger charge is 2.40. The van der Waals surface area contributed by atoms with Gasteiger partial charge in [0.1, 0.15) is 35.5 Å². The second kappa shape index (κ2) is 20.2. The first-order valence-corrected chi connectivity index (χ1v) is 18.1. The first kappa shape index (κ1) is 42.3. The quantitative estimate of drug-likeness (QED) is 0.127. The summed E-state index contributed by atoms with van der Waals surface area (Å²) in [6.07, 6.45) is 1.45. The van der Waals surface area contributed by atoms with E-state index in [0.717, 1.165) is 0 Å². The molecule has 0 unspecified atom stereocenters. The number of hydrogen-bond acceptors (Lipinski definition) is 9. The van der Waals surface area contributed by atoms with Crippen molar-refractivity contribution in [1.82, 2.24) is 20.9 Å². The first-order chi connectivity index (χ1) is 25.1. The van der Waals surface area contributed by atoms with E-state index in [1.54, 1.807) is 82.3 Å². The van der Waals surface area contributed by atoms with Gasteiger partial charge in [-0.05, 0) is 88.6 Å². The number of carboxylic acid groups (broad SMARTS) is 1. The van der Waals surface area contributed by atoms with Crippen molar-refractivity contribution in [3.63, 3.8) is 0 Å². The third kappa shape index (κ3) is 13.4. The van der Waals surface area contributed by atoms with Gasteiger partial charge in [-0.25, -0.2) is 14.4 Å². The highest BCUT2D eigenvalue weighted by Crippen LogP contribution is 2.22. The molecule has 14 nitrogen and oxygen atoms in total. The Hall–Kier alpha value is -5.14. The van der Waals surface area contributed by atoms with Crippen molar-refractivity contribution in [2.45, 2.75) is 109 Å². The smallest absolute Gasteiger partial charge is 0.408 e. The van der Waals surface area contributed by atoms with Crippen LogP contribution < -0.4 is 20.7 Å². The fraction of sp³-hybridized carbons (Fsp3) is 0.538. The molecule has 0 radical (unpaired) electrons. The molecule has 4 amide bonds. The topological polar surface area (TPSA) is 190 Å². The van der Waals surface area contributed by atoms with E-state index < -0.39 is 65.5 Å². The zero-order valence-electron chi connectivity index (χ0n) is 31.5. The lowest BCUT2D eigenvalue weighted by molar-refractivity contribution is -0.150. The summed E-state index contributed by atoms with van der Waals surface area (Å²) >= 11 is 0. The van der Waals surface area contributed by atoms with Gasteiger partial charge in [0.25, 0.3) is 0 Å². The SMILES string of the molecule is CC[C@H](C)[C@H](NC(=O)[C@@H](Cc1ccc(OC)cc1)NC(=O)[C@H](CCCCOC(=O)c1ccccc1)NC(=O)OC(C)(C)C)C(=O)N1CCC[C@@H]1C(=O)O. The van der Waals surface area contributed by atoms with Gasteiger partial charge in [-0.3, -0.25) is 14.4 Å². The molecule has 53 heavy (non-hydrogen) atoms. The molecular formula is C39H54N4O10. The first-order valence-electron chi connectivity index (χ1n) is 18.1. The maximum Gasteiger partial charge on any atom is 0.408 e. The number of carboxylic acids is 1. The van der Waals surface area contributed by atoms with E-state index in [0.29, 0.717) is 49.0 Å². The van der Waals surface area contributed by atoms with Crippen LogP contribution in [-0.2, 0) is 35.1 Å². The number of esters is 1. The van der Waals surface area contributed by atoms with Crippen LogP contribution in [0.15, 0.2) is 54.6 Å². The zero-order valence-corrected chi connectivity index (χ0v) is 31.5. The minimum absolute atomic E-state index is 0.0268. The van der Waals surface area contributed by atoms with Crippen LogP contribution in [0.5, 0.6) is 5.75 Å². The van der Waals surface area contributed by atoms with Crippen LogP contribution in [0.25, 0.3) is 0 Å². The highest BCUT2D eigenvalue weighted by molar-refractivity contribution is 5.95. The van der Waals surface area contributed by atoms with Gasteiger partial charge in [-0.15, -0.1) is 0 Å². The summed E-state index contributed by atoms with van der Waals surface area (Å²) in [5.74, 6) is -3.15. The number of benzene rings is 2. The van der Waals surface area contributed by atoms with E-state index in [9.17, 15) is 33.9 Å². The summed E-state index contributed by atoms with van der Waals surface area (Å²) in [6.45, 7) is 9.07. The zero-order chi connectivity index (χ0) is 39.1. The average Bonchev–Trinajstić information content (AvgIpc) is 3.63. The minimum atomic E-state index is -1.20. The third-order valence-corrected chi connectivity index (χ3v) is 8.97. The predicted octanol–water partition coefficient (Wildman–Crippen LogP) is 4.25. The number of nitrogens with one attached hydrogen (secondary N) is 3. The van der Waals surface area contributed by atoms with E-state index >= 15 is 0 Å². The van der Waals surface area contributed by atoms with E-state index in [4.69, 9.17) is 14.2 Å². The summed E-state index contributed by atoms with van der Waals surface area (Å²) in [4.78, 5) is 80.2. The van der Waals surface area contributed by atoms with E-state index in [1.165, 1.54) is 12.0 Å². The Bertz CT molecular complexity index is 1540. The van der Waals surface area contributed by atoms with Gasteiger partial charge >= 0.3 is 18.0 Å². The van der Waals surface area contributed by atoms with Crippen LogP contribution in [0, 0.1) is 5.92 Å². The number of amides is 4. The number of carbonyl (C=O) groups is 6. The average molecular weight is 739 g/mol. The summed E-state index contributed by atoms with van der Waals surface area (Å²) in [5, 5.41) is 17.9. The van der Waals surface area contributed by atoms with E-state index in [1.807, 2.05) is 6.92 Å². The van der Waals surface area contributed by atoms with Gasteiger partial charge in [-0.1, -0.05) is 50.6 Å². The van der Waals surface area contributed by atoms with Crippen LogP contribution in [0.3, 0.4) is 0 Å². The second-order valence-electron chi connectivity index (χ2n) is 14.2. The molecular weight excluding hydrogens is 684 g/mol. The lowest BCUT2D eigenvalue weighted by atomic mass is 9.96. The van der Waals surface area contributed by atoms with Crippen molar-refractivity contribution >= 4 is 35.8 Å². The van der Waals surface area contributed by atoms with E-state index in [-0.39, 0.29) is 31.9 Å². The van der Waals surface area contributed by atoms with Crippen LogP contribution in [0.4, 0.5) is 4.79 Å². The third-order valence-electron chi connectivity index (χ3n) is 8.97. The number of hydrogen-bond donors (Lipinski definition) is 4. The van der Waals surface area contributed by atoms with Gasteiger partial charge in [0.15, 0.2) is 0 Å². The molecule has 14 heteroatoms. The molecule has 5 atom stereocenters. The molecule has 0 saturated carbocycles. The number of alkyl carbamates (subject to hydrolysis) is 1. The van der Waals surface area contributed by atoms with Crippen molar-refractivity contribution in [1.29, 1.82) is 0 Å². The number of aliphatic carboxylic acids is 1. The monoisotopic (exact) mass is 738 g/mol. The molecule has 2 aromatic carbocycles. The van der Waals surface area contributed by atoms with Crippen molar-refractivity contribution in [2.75, 3.05) is 20.3 Å². The molecule has 0 spiro atoms.